The standard InChI is InChI=1S/C14H28O2Si/c1-14(2,3)17(4,5)16-13-8-6-7-12(11-13)9-10-15/h11-12,15H,6-10H2,1-5H3/t12-/m1/s1. The summed E-state index contributed by atoms with van der Waals surface area (Å²) in [4.78, 5) is 0. The quantitative estimate of drug-likeness (QED) is 0.768. The van der Waals surface area contributed by atoms with Crippen molar-refractivity contribution in [3.63, 3.8) is 0 Å². The molecule has 0 fully saturated rings. The van der Waals surface area contributed by atoms with E-state index in [9.17, 15) is 0 Å². The molecule has 0 unspecified atom stereocenters. The van der Waals surface area contributed by atoms with Crippen LogP contribution in [0.5, 0.6) is 0 Å². The minimum absolute atomic E-state index is 0.262. The topological polar surface area (TPSA) is 29.5 Å². The molecule has 0 aromatic heterocycles. The lowest BCUT2D eigenvalue weighted by Gasteiger charge is -2.38. The number of aliphatic hydroxyl groups is 1. The average Bonchev–Trinajstić information content (AvgIpc) is 2.16. The van der Waals surface area contributed by atoms with Crippen molar-refractivity contribution in [2.75, 3.05) is 6.61 Å². The van der Waals surface area contributed by atoms with Crippen LogP contribution in [0.4, 0.5) is 0 Å². The second-order valence-corrected chi connectivity index (χ2v) is 11.4. The molecule has 0 saturated heterocycles. The molecule has 1 N–H and O–H groups in total. The van der Waals surface area contributed by atoms with Crippen LogP contribution in [-0.2, 0) is 4.43 Å². The highest BCUT2D eigenvalue weighted by molar-refractivity contribution is 6.74. The Kier molecular flexibility index (Phi) is 4.84. The third kappa shape index (κ3) is 4.14. The van der Waals surface area contributed by atoms with E-state index in [0.717, 1.165) is 12.8 Å². The zero-order valence-electron chi connectivity index (χ0n) is 12.0. The van der Waals surface area contributed by atoms with Crippen LogP contribution >= 0.6 is 0 Å². The SMILES string of the molecule is CC(C)(C)[Si](C)(C)OC1=C[C@@H](CCO)CCC1. The maximum absolute atomic E-state index is 9.01. The van der Waals surface area contributed by atoms with E-state index in [-0.39, 0.29) is 11.6 Å². The van der Waals surface area contributed by atoms with Crippen LogP contribution in [0.1, 0.15) is 46.5 Å². The molecule has 0 aromatic rings. The molecule has 0 radical (unpaired) electrons. The van der Waals surface area contributed by atoms with E-state index in [0.29, 0.717) is 5.92 Å². The van der Waals surface area contributed by atoms with E-state index < -0.39 is 8.32 Å². The lowest BCUT2D eigenvalue weighted by molar-refractivity contribution is 0.255. The van der Waals surface area contributed by atoms with Crippen LogP contribution in [0.15, 0.2) is 11.8 Å². The third-order valence-electron chi connectivity index (χ3n) is 4.11. The van der Waals surface area contributed by atoms with Gasteiger partial charge in [0.25, 0.3) is 0 Å². The van der Waals surface area contributed by atoms with Gasteiger partial charge in [-0.25, -0.2) is 0 Å². The molecule has 0 spiro atoms. The summed E-state index contributed by atoms with van der Waals surface area (Å²) >= 11 is 0. The summed E-state index contributed by atoms with van der Waals surface area (Å²) in [6.45, 7) is 11.7. The lowest BCUT2D eigenvalue weighted by atomic mass is 9.92. The summed E-state index contributed by atoms with van der Waals surface area (Å²) in [5.41, 5.74) is 0. The number of allylic oxidation sites excluding steroid dienone is 2. The van der Waals surface area contributed by atoms with Crippen LogP contribution in [0.25, 0.3) is 0 Å². The highest BCUT2D eigenvalue weighted by atomic mass is 28.4. The molecule has 1 atom stereocenters. The monoisotopic (exact) mass is 256 g/mol. The van der Waals surface area contributed by atoms with Gasteiger partial charge < -0.3 is 9.53 Å². The van der Waals surface area contributed by atoms with Crippen LogP contribution in [0.2, 0.25) is 18.1 Å². The zero-order valence-corrected chi connectivity index (χ0v) is 13.0. The first-order valence-electron chi connectivity index (χ1n) is 6.77. The van der Waals surface area contributed by atoms with Crippen molar-refractivity contribution in [1.82, 2.24) is 0 Å². The number of hydrogen-bond acceptors (Lipinski definition) is 2. The summed E-state index contributed by atoms with van der Waals surface area (Å²) in [6.07, 6.45) is 6.62. The molecule has 1 aliphatic rings. The van der Waals surface area contributed by atoms with Crippen molar-refractivity contribution in [3.8, 4) is 0 Å². The van der Waals surface area contributed by atoms with Gasteiger partial charge in [0, 0.05) is 13.0 Å². The second-order valence-electron chi connectivity index (χ2n) is 6.66. The molecule has 0 aliphatic heterocycles. The Morgan fingerprint density at radius 2 is 2.06 bits per heavy atom. The van der Waals surface area contributed by atoms with Gasteiger partial charge in [0.05, 0.1) is 5.76 Å². The Balaban J connectivity index is 2.68. The third-order valence-corrected chi connectivity index (χ3v) is 8.50. The van der Waals surface area contributed by atoms with E-state index in [2.05, 4.69) is 39.9 Å². The predicted octanol–water partition coefficient (Wildman–Crippen LogP) is 4.07. The lowest BCUT2D eigenvalue weighted by Crippen LogP contribution is -2.40. The number of aliphatic hydroxyl groups excluding tert-OH is 1. The van der Waals surface area contributed by atoms with E-state index >= 15 is 0 Å². The van der Waals surface area contributed by atoms with Gasteiger partial charge >= 0.3 is 0 Å². The maximum atomic E-state index is 9.01. The van der Waals surface area contributed by atoms with Gasteiger partial charge in [-0.05, 0) is 49.4 Å². The smallest absolute Gasteiger partial charge is 0.250 e. The van der Waals surface area contributed by atoms with Gasteiger partial charge in [-0.15, -0.1) is 0 Å². The molecule has 17 heavy (non-hydrogen) atoms. The molecule has 0 bridgehead atoms. The van der Waals surface area contributed by atoms with Gasteiger partial charge in [-0.3, -0.25) is 0 Å². The first kappa shape index (κ1) is 14.8. The van der Waals surface area contributed by atoms with Crippen molar-refractivity contribution in [3.05, 3.63) is 11.8 Å². The average molecular weight is 256 g/mol. The van der Waals surface area contributed by atoms with Crippen LogP contribution in [0.3, 0.4) is 0 Å². The van der Waals surface area contributed by atoms with Gasteiger partial charge in [0.15, 0.2) is 0 Å². The van der Waals surface area contributed by atoms with Gasteiger partial charge in [0.1, 0.15) is 0 Å². The molecule has 2 nitrogen and oxygen atoms in total. The fourth-order valence-electron chi connectivity index (χ4n) is 1.93. The van der Waals surface area contributed by atoms with Crippen LogP contribution < -0.4 is 0 Å². The van der Waals surface area contributed by atoms with Crippen molar-refractivity contribution < 1.29 is 9.53 Å². The molecule has 0 saturated carbocycles. The first-order valence-corrected chi connectivity index (χ1v) is 9.67. The number of hydrogen-bond donors (Lipinski definition) is 1. The Hall–Kier alpha value is -0.283. The zero-order chi connectivity index (χ0) is 13.1. The molecular weight excluding hydrogens is 228 g/mol. The molecule has 1 aliphatic carbocycles. The maximum Gasteiger partial charge on any atom is 0.250 e. The summed E-state index contributed by atoms with van der Waals surface area (Å²) in [7, 11) is -1.68. The summed E-state index contributed by atoms with van der Waals surface area (Å²) < 4.78 is 6.34. The minimum Gasteiger partial charge on any atom is -0.547 e. The molecular formula is C14H28O2Si. The van der Waals surface area contributed by atoms with Crippen molar-refractivity contribution >= 4 is 8.32 Å². The van der Waals surface area contributed by atoms with E-state index in [1.54, 1.807) is 0 Å². The van der Waals surface area contributed by atoms with Crippen molar-refractivity contribution in [2.45, 2.75) is 64.6 Å². The largest absolute Gasteiger partial charge is 0.547 e. The number of rotatable bonds is 4. The molecule has 1 rings (SSSR count). The molecule has 0 aromatic carbocycles. The Morgan fingerprint density at radius 3 is 2.59 bits per heavy atom. The molecule has 0 amide bonds. The van der Waals surface area contributed by atoms with Gasteiger partial charge in [0.2, 0.25) is 8.32 Å². The van der Waals surface area contributed by atoms with E-state index in [4.69, 9.17) is 9.53 Å². The summed E-state index contributed by atoms with van der Waals surface area (Å²) in [5.74, 6) is 1.70. The Labute approximate surface area is 107 Å². The van der Waals surface area contributed by atoms with Crippen molar-refractivity contribution in [1.29, 1.82) is 0 Å². The van der Waals surface area contributed by atoms with Gasteiger partial charge in [-0.1, -0.05) is 20.8 Å². The van der Waals surface area contributed by atoms with E-state index in [1.807, 2.05) is 0 Å². The second kappa shape index (κ2) is 5.57. The van der Waals surface area contributed by atoms with Crippen LogP contribution in [0, 0.1) is 5.92 Å². The fraction of sp³-hybridized carbons (Fsp3) is 0.857. The Bertz CT molecular complexity index is 276. The normalized spacial score (nSPS) is 22.2. The van der Waals surface area contributed by atoms with E-state index in [1.165, 1.54) is 18.6 Å². The highest BCUT2D eigenvalue weighted by Crippen LogP contribution is 2.39. The molecule has 3 heteroatoms. The van der Waals surface area contributed by atoms with Crippen molar-refractivity contribution in [2.24, 2.45) is 5.92 Å². The van der Waals surface area contributed by atoms with Gasteiger partial charge in [-0.2, -0.15) is 0 Å². The fourth-order valence-corrected chi connectivity index (χ4v) is 3.06. The predicted molar refractivity (Wildman–Crippen MR) is 75.4 cm³/mol. The summed E-state index contributed by atoms with van der Waals surface area (Å²) in [6, 6.07) is 0. The minimum atomic E-state index is -1.68. The van der Waals surface area contributed by atoms with Crippen LogP contribution in [-0.4, -0.2) is 20.0 Å². The molecule has 100 valence electrons. The Morgan fingerprint density at radius 1 is 1.41 bits per heavy atom. The first-order chi connectivity index (χ1) is 7.76. The summed E-state index contributed by atoms with van der Waals surface area (Å²) in [5, 5.41) is 9.27. The molecule has 0 heterocycles. The highest BCUT2D eigenvalue weighted by Gasteiger charge is 2.39.